The summed E-state index contributed by atoms with van der Waals surface area (Å²) < 4.78 is 35.7. The number of halogens is 3. The van der Waals surface area contributed by atoms with Crippen LogP contribution in [-0.2, 0) is 21.1 Å². The van der Waals surface area contributed by atoms with E-state index in [1.54, 1.807) is 24.3 Å². The number of carbonyl (C=O) groups excluding carboxylic acids is 1. The number of benzene rings is 1. The van der Waals surface area contributed by atoms with Gasteiger partial charge in [0.25, 0.3) is 0 Å². The molecule has 1 aromatic carbocycles. The fourth-order valence-corrected chi connectivity index (χ4v) is 3.40. The van der Waals surface area contributed by atoms with Gasteiger partial charge in [0.2, 0.25) is 0 Å². The van der Waals surface area contributed by atoms with E-state index >= 15 is 0 Å². The number of rotatable bonds is 10. The second-order valence-electron chi connectivity index (χ2n) is 6.73. The summed E-state index contributed by atoms with van der Waals surface area (Å²) in [4.78, 5) is 18.9. The summed E-state index contributed by atoms with van der Waals surface area (Å²) in [6.07, 6.45) is 3.05. The van der Waals surface area contributed by atoms with E-state index < -0.39 is 39.2 Å². The van der Waals surface area contributed by atoms with Crippen LogP contribution in [0.2, 0.25) is 0 Å². The van der Waals surface area contributed by atoms with E-state index in [-0.39, 0.29) is 18.6 Å². The molecule has 0 saturated heterocycles. The van der Waals surface area contributed by atoms with Crippen LogP contribution in [0.1, 0.15) is 23.8 Å². The molecule has 0 radical (unpaired) electrons. The molecule has 2 atom stereocenters. The fraction of sp³-hybridized carbons (Fsp3) is 0.421. The Morgan fingerprint density at radius 3 is 2.31 bits per heavy atom. The number of hydrogen-bond donors (Lipinski definition) is 1. The Morgan fingerprint density at radius 2 is 1.83 bits per heavy atom. The van der Waals surface area contributed by atoms with Crippen LogP contribution in [0.25, 0.3) is 11.3 Å². The van der Waals surface area contributed by atoms with Crippen molar-refractivity contribution >= 4 is 38.8 Å². The normalized spacial score (nSPS) is 14.0. The zero-order valence-electron chi connectivity index (χ0n) is 15.6. The number of hydrogen-bond acceptors (Lipinski definition) is 6. The number of carbonyl (C=O) groups is 1. The lowest BCUT2D eigenvalue weighted by Crippen LogP contribution is -2.21. The Morgan fingerprint density at radius 1 is 1.17 bits per heavy atom. The largest absolute Gasteiger partial charge is 0.388 e. The van der Waals surface area contributed by atoms with Crippen LogP contribution in [0.15, 0.2) is 36.7 Å². The number of aliphatic hydroxyl groups is 1. The van der Waals surface area contributed by atoms with Crippen LogP contribution >= 0.6 is 23.2 Å². The number of aromatic nitrogens is 2. The van der Waals surface area contributed by atoms with Gasteiger partial charge in [-0.3, -0.25) is 19.2 Å². The van der Waals surface area contributed by atoms with Gasteiger partial charge in [0, 0.05) is 36.8 Å². The minimum absolute atomic E-state index is 0.0000369. The van der Waals surface area contributed by atoms with Gasteiger partial charge in [-0.15, -0.1) is 0 Å². The quantitative estimate of drug-likeness (QED) is 0.544. The van der Waals surface area contributed by atoms with Gasteiger partial charge in [0.1, 0.15) is 9.84 Å². The first kappa shape index (κ1) is 23.7. The first-order valence-electron chi connectivity index (χ1n) is 8.74. The molecular weight excluding hydrogens is 442 g/mol. The standard InChI is InChI=1S/C19H21Cl2FN2O4S/c1-29(27,28)7-6-15-10-24-16(11-23-15)12-2-4-13(5-3-12)18(26)14(9-22)8-17(25)19(20)21/h2-5,10-11,14,18-19,26H,6-9H2,1H3/t14-,18-/m1/s1. The molecule has 1 N–H and O–H groups in total. The highest BCUT2D eigenvalue weighted by atomic mass is 35.5. The maximum Gasteiger partial charge on any atom is 0.166 e. The third-order valence-corrected chi connectivity index (χ3v) is 5.77. The third kappa shape index (κ3) is 7.29. The fourth-order valence-electron chi connectivity index (χ4n) is 2.64. The summed E-state index contributed by atoms with van der Waals surface area (Å²) in [5.41, 5.74) is 2.30. The number of aliphatic hydroxyl groups excluding tert-OH is 1. The molecule has 2 aromatic rings. The van der Waals surface area contributed by atoms with Crippen molar-refractivity contribution in [2.45, 2.75) is 23.8 Å². The van der Waals surface area contributed by atoms with Crippen LogP contribution in [0.3, 0.4) is 0 Å². The number of sulfone groups is 1. The number of nitrogens with zero attached hydrogens (tertiary/aromatic N) is 2. The van der Waals surface area contributed by atoms with E-state index in [0.29, 0.717) is 17.0 Å². The highest BCUT2D eigenvalue weighted by Gasteiger charge is 2.26. The molecule has 10 heteroatoms. The molecule has 0 aliphatic carbocycles. The minimum atomic E-state index is -3.07. The van der Waals surface area contributed by atoms with E-state index in [2.05, 4.69) is 9.97 Å². The van der Waals surface area contributed by atoms with E-state index in [1.807, 2.05) is 0 Å². The van der Waals surface area contributed by atoms with E-state index in [4.69, 9.17) is 23.2 Å². The Kier molecular flexibility index (Phi) is 8.51. The van der Waals surface area contributed by atoms with Crippen LogP contribution in [0.5, 0.6) is 0 Å². The van der Waals surface area contributed by atoms with Crippen molar-refractivity contribution in [3.05, 3.63) is 47.9 Å². The maximum atomic E-state index is 13.3. The Labute approximate surface area is 179 Å². The Balaban J connectivity index is 2.08. The van der Waals surface area contributed by atoms with E-state index in [9.17, 15) is 22.7 Å². The first-order valence-corrected chi connectivity index (χ1v) is 11.7. The Bertz CT molecular complexity index is 922. The lowest BCUT2D eigenvalue weighted by molar-refractivity contribution is -0.119. The van der Waals surface area contributed by atoms with Gasteiger partial charge in [0.05, 0.1) is 36.1 Å². The van der Waals surface area contributed by atoms with Gasteiger partial charge < -0.3 is 5.11 Å². The van der Waals surface area contributed by atoms with Gasteiger partial charge in [-0.05, 0) is 5.56 Å². The Hall–Kier alpha value is -1.61. The molecule has 0 bridgehead atoms. The SMILES string of the molecule is CS(=O)(=O)CCc1cnc(-c2ccc([C@@H](O)[C@@H](CF)CC(=O)C(Cl)Cl)cc2)cn1. The predicted molar refractivity (Wildman–Crippen MR) is 110 cm³/mol. The third-order valence-electron chi connectivity index (χ3n) is 4.33. The highest BCUT2D eigenvalue weighted by Crippen LogP contribution is 2.28. The first-order chi connectivity index (χ1) is 13.6. The summed E-state index contributed by atoms with van der Waals surface area (Å²) in [6.45, 7) is -0.893. The van der Waals surface area contributed by atoms with E-state index in [0.717, 1.165) is 11.8 Å². The van der Waals surface area contributed by atoms with Gasteiger partial charge >= 0.3 is 0 Å². The zero-order chi connectivity index (χ0) is 21.6. The summed E-state index contributed by atoms with van der Waals surface area (Å²) in [5, 5.41) is 10.4. The summed E-state index contributed by atoms with van der Waals surface area (Å²) in [5.74, 6) is -1.49. The molecule has 1 aromatic heterocycles. The summed E-state index contributed by atoms with van der Waals surface area (Å²) >= 11 is 11.0. The molecular formula is C19H21Cl2FN2O4S. The van der Waals surface area contributed by atoms with Crippen LogP contribution < -0.4 is 0 Å². The maximum absolute atomic E-state index is 13.3. The lowest BCUT2D eigenvalue weighted by atomic mass is 9.92. The molecule has 6 nitrogen and oxygen atoms in total. The number of alkyl halides is 3. The molecule has 1 heterocycles. The molecule has 158 valence electrons. The average molecular weight is 463 g/mol. The topological polar surface area (TPSA) is 97.2 Å². The summed E-state index contributed by atoms with van der Waals surface area (Å²) in [6, 6.07) is 6.63. The second-order valence-corrected chi connectivity index (χ2v) is 10.1. The van der Waals surface area contributed by atoms with Crippen molar-refractivity contribution in [2.24, 2.45) is 5.92 Å². The molecule has 29 heavy (non-hydrogen) atoms. The van der Waals surface area contributed by atoms with E-state index in [1.165, 1.54) is 12.4 Å². The number of aryl methyl sites for hydroxylation is 1. The molecule has 0 saturated carbocycles. The van der Waals surface area contributed by atoms with Gasteiger partial charge in [0.15, 0.2) is 10.6 Å². The molecule has 0 fully saturated rings. The molecule has 0 spiro atoms. The monoisotopic (exact) mass is 462 g/mol. The van der Waals surface area contributed by atoms with Gasteiger partial charge in [-0.1, -0.05) is 47.5 Å². The molecule has 2 rings (SSSR count). The molecule has 0 aliphatic rings. The summed E-state index contributed by atoms with van der Waals surface area (Å²) in [7, 11) is -3.07. The zero-order valence-corrected chi connectivity index (χ0v) is 18.0. The molecule has 0 amide bonds. The van der Waals surface area contributed by atoms with Gasteiger partial charge in [-0.25, -0.2) is 8.42 Å². The van der Waals surface area contributed by atoms with Crippen molar-refractivity contribution in [2.75, 3.05) is 18.7 Å². The number of Topliss-reactive ketones (excluding diaryl/α,β-unsaturated/α-hetero) is 1. The van der Waals surface area contributed by atoms with Crippen molar-refractivity contribution in [1.82, 2.24) is 9.97 Å². The smallest absolute Gasteiger partial charge is 0.166 e. The molecule has 0 unspecified atom stereocenters. The minimum Gasteiger partial charge on any atom is -0.388 e. The molecule has 0 aliphatic heterocycles. The van der Waals surface area contributed by atoms with Gasteiger partial charge in [-0.2, -0.15) is 0 Å². The second kappa shape index (κ2) is 10.4. The van der Waals surface area contributed by atoms with Crippen LogP contribution in [0.4, 0.5) is 4.39 Å². The van der Waals surface area contributed by atoms with Crippen molar-refractivity contribution in [3.63, 3.8) is 0 Å². The van der Waals surface area contributed by atoms with Crippen molar-refractivity contribution < 1.29 is 22.7 Å². The van der Waals surface area contributed by atoms with Crippen LogP contribution in [0, 0.1) is 5.92 Å². The van der Waals surface area contributed by atoms with Crippen molar-refractivity contribution in [3.8, 4) is 11.3 Å². The van der Waals surface area contributed by atoms with Crippen LogP contribution in [-0.4, -0.2) is 52.8 Å². The highest BCUT2D eigenvalue weighted by molar-refractivity contribution is 7.90. The lowest BCUT2D eigenvalue weighted by Gasteiger charge is -2.20. The predicted octanol–water partition coefficient (Wildman–Crippen LogP) is 3.11. The number of ketones is 1. The average Bonchev–Trinajstić information content (AvgIpc) is 2.69. The van der Waals surface area contributed by atoms with Crippen molar-refractivity contribution in [1.29, 1.82) is 0 Å².